The molecule has 4 heteroatoms. The predicted octanol–water partition coefficient (Wildman–Crippen LogP) is 2.60. The minimum atomic E-state index is -0.497. The van der Waals surface area contributed by atoms with Crippen LogP contribution >= 0.6 is 0 Å². The van der Waals surface area contributed by atoms with Crippen LogP contribution in [0.3, 0.4) is 0 Å². The first kappa shape index (κ1) is 12.2. The smallest absolute Gasteiger partial charge is 0.128 e. The summed E-state index contributed by atoms with van der Waals surface area (Å²) in [6, 6.07) is 5.45. The minimum absolute atomic E-state index is 0.0241. The molecule has 0 fully saturated rings. The molecule has 2 N–H and O–H groups in total. The number of ether oxygens (including phenoxy) is 2. The van der Waals surface area contributed by atoms with Gasteiger partial charge in [-0.3, -0.25) is 0 Å². The van der Waals surface area contributed by atoms with Crippen molar-refractivity contribution in [3.8, 4) is 11.5 Å². The fourth-order valence-corrected chi connectivity index (χ4v) is 2.13. The van der Waals surface area contributed by atoms with Gasteiger partial charge in [-0.2, -0.15) is 0 Å². The van der Waals surface area contributed by atoms with Gasteiger partial charge in [0, 0.05) is 24.1 Å². The highest BCUT2D eigenvalue weighted by Gasteiger charge is 2.31. The number of fused-ring (bicyclic) bond motifs is 1. The molecule has 2 rings (SSSR count). The molecule has 1 atom stereocenters. The zero-order chi connectivity index (χ0) is 12.5. The van der Waals surface area contributed by atoms with Crippen molar-refractivity contribution in [1.29, 1.82) is 0 Å². The summed E-state index contributed by atoms with van der Waals surface area (Å²) in [6.45, 7) is 3.58. The lowest BCUT2D eigenvalue weighted by Crippen LogP contribution is -2.37. The second-order valence-corrected chi connectivity index (χ2v) is 4.91. The van der Waals surface area contributed by atoms with Crippen LogP contribution in [0.25, 0.3) is 0 Å². The third-order valence-corrected chi connectivity index (χ3v) is 2.83. The molecule has 3 nitrogen and oxygen atoms in total. The van der Waals surface area contributed by atoms with Crippen LogP contribution in [0.2, 0.25) is 0 Å². The summed E-state index contributed by atoms with van der Waals surface area (Å²) >= 11 is 0. The molecule has 1 aliphatic rings. The lowest BCUT2D eigenvalue weighted by atomic mass is 9.90. The average molecular weight is 239 g/mol. The molecular weight excluding hydrogens is 221 g/mol. The molecular formula is C13H18FNO2. The van der Waals surface area contributed by atoms with E-state index in [-0.39, 0.29) is 18.2 Å². The highest BCUT2D eigenvalue weighted by Crippen LogP contribution is 2.39. The summed E-state index contributed by atoms with van der Waals surface area (Å²) in [7, 11) is 0. The van der Waals surface area contributed by atoms with Gasteiger partial charge in [0.2, 0.25) is 0 Å². The summed E-state index contributed by atoms with van der Waals surface area (Å²) in [6.07, 6.45) is 0.782. The Hall–Kier alpha value is -1.29. The zero-order valence-electron chi connectivity index (χ0n) is 10.2. The van der Waals surface area contributed by atoms with Gasteiger partial charge in [0.05, 0.1) is 0 Å². The number of rotatable bonds is 3. The van der Waals surface area contributed by atoms with Crippen molar-refractivity contribution in [3.05, 3.63) is 23.8 Å². The summed E-state index contributed by atoms with van der Waals surface area (Å²) in [5.74, 6) is 1.36. The molecule has 0 aliphatic carbocycles. The Labute approximate surface area is 101 Å². The fraction of sp³-hybridized carbons (Fsp3) is 0.538. The monoisotopic (exact) mass is 239 g/mol. The Bertz CT molecular complexity index is 406. The molecule has 1 aromatic carbocycles. The number of nitrogens with two attached hydrogens (primary N) is 1. The van der Waals surface area contributed by atoms with Gasteiger partial charge >= 0.3 is 0 Å². The first-order valence-corrected chi connectivity index (χ1v) is 5.79. The van der Waals surface area contributed by atoms with E-state index in [2.05, 4.69) is 0 Å². The Morgan fingerprint density at radius 1 is 1.53 bits per heavy atom. The van der Waals surface area contributed by atoms with Gasteiger partial charge in [-0.05, 0) is 19.9 Å². The quantitative estimate of drug-likeness (QED) is 0.881. The molecule has 0 aromatic heterocycles. The third kappa shape index (κ3) is 2.69. The molecule has 17 heavy (non-hydrogen) atoms. The molecule has 1 heterocycles. The van der Waals surface area contributed by atoms with Gasteiger partial charge in [-0.15, -0.1) is 0 Å². The zero-order valence-corrected chi connectivity index (χ0v) is 10.2. The van der Waals surface area contributed by atoms with Gasteiger partial charge in [0.15, 0.2) is 0 Å². The van der Waals surface area contributed by atoms with E-state index in [1.54, 1.807) is 12.1 Å². The van der Waals surface area contributed by atoms with Crippen molar-refractivity contribution in [2.75, 3.05) is 13.3 Å². The van der Waals surface area contributed by atoms with E-state index in [9.17, 15) is 4.39 Å². The van der Waals surface area contributed by atoms with Gasteiger partial charge in [-0.25, -0.2) is 4.39 Å². The Balaban J connectivity index is 2.25. The lowest BCUT2D eigenvalue weighted by molar-refractivity contribution is 0.0724. The molecule has 1 aromatic rings. The molecule has 0 spiro atoms. The summed E-state index contributed by atoms with van der Waals surface area (Å²) in [4.78, 5) is 0. The number of hydrogen-bond donors (Lipinski definition) is 1. The van der Waals surface area contributed by atoms with Gasteiger partial charge in [-0.1, -0.05) is 6.07 Å². The lowest BCUT2D eigenvalue weighted by Gasteiger charge is -2.36. The fourth-order valence-electron chi connectivity index (χ4n) is 2.13. The van der Waals surface area contributed by atoms with Crippen LogP contribution in [0.4, 0.5) is 4.39 Å². The standard InChI is InChI=1S/C13H18FNO2/c1-13(2)8-11(15)10-4-3-9(16-6-5-14)7-12(10)17-13/h3-4,7,11H,5-6,8,15H2,1-2H3. The maximum Gasteiger partial charge on any atom is 0.128 e. The van der Waals surface area contributed by atoms with Crippen LogP contribution < -0.4 is 15.2 Å². The molecule has 1 unspecified atom stereocenters. The predicted molar refractivity (Wildman–Crippen MR) is 64.2 cm³/mol. The number of alkyl halides is 1. The van der Waals surface area contributed by atoms with Gasteiger partial charge < -0.3 is 15.2 Å². The summed E-state index contributed by atoms with van der Waals surface area (Å²) in [5, 5.41) is 0. The van der Waals surface area contributed by atoms with Gasteiger partial charge in [0.1, 0.15) is 30.4 Å². The highest BCUT2D eigenvalue weighted by atomic mass is 19.1. The molecule has 0 bridgehead atoms. The van der Waals surface area contributed by atoms with Gasteiger partial charge in [0.25, 0.3) is 0 Å². The Morgan fingerprint density at radius 2 is 2.29 bits per heavy atom. The van der Waals surface area contributed by atoms with E-state index in [0.717, 1.165) is 17.7 Å². The first-order chi connectivity index (χ1) is 8.02. The summed E-state index contributed by atoms with van der Waals surface area (Å²) in [5.41, 5.74) is 6.80. The van der Waals surface area contributed by atoms with Crippen molar-refractivity contribution in [2.45, 2.75) is 31.9 Å². The molecule has 0 saturated heterocycles. The van der Waals surface area contributed by atoms with Crippen molar-refractivity contribution < 1.29 is 13.9 Å². The van der Waals surface area contributed by atoms with Crippen LogP contribution in [0.5, 0.6) is 11.5 Å². The minimum Gasteiger partial charge on any atom is -0.491 e. The number of hydrogen-bond acceptors (Lipinski definition) is 3. The SMILES string of the molecule is CC1(C)CC(N)c2ccc(OCCF)cc2O1. The average Bonchev–Trinajstić information content (AvgIpc) is 2.24. The van der Waals surface area contributed by atoms with E-state index in [4.69, 9.17) is 15.2 Å². The van der Waals surface area contributed by atoms with Crippen LogP contribution in [-0.4, -0.2) is 18.9 Å². The Morgan fingerprint density at radius 3 is 3.00 bits per heavy atom. The first-order valence-electron chi connectivity index (χ1n) is 5.79. The van der Waals surface area contributed by atoms with Crippen molar-refractivity contribution in [1.82, 2.24) is 0 Å². The van der Waals surface area contributed by atoms with Crippen molar-refractivity contribution in [3.63, 3.8) is 0 Å². The van der Waals surface area contributed by atoms with E-state index >= 15 is 0 Å². The van der Waals surface area contributed by atoms with E-state index in [1.165, 1.54) is 0 Å². The molecule has 94 valence electrons. The third-order valence-electron chi connectivity index (χ3n) is 2.83. The largest absolute Gasteiger partial charge is 0.491 e. The maximum atomic E-state index is 12.0. The Kier molecular flexibility index (Phi) is 3.24. The normalized spacial score (nSPS) is 21.5. The molecule has 0 saturated carbocycles. The highest BCUT2D eigenvalue weighted by molar-refractivity contribution is 5.44. The summed E-state index contributed by atoms with van der Waals surface area (Å²) < 4.78 is 23.1. The second-order valence-electron chi connectivity index (χ2n) is 4.91. The second kappa shape index (κ2) is 4.53. The van der Waals surface area contributed by atoms with Crippen molar-refractivity contribution in [2.24, 2.45) is 5.73 Å². The molecule has 0 amide bonds. The molecule has 1 aliphatic heterocycles. The topological polar surface area (TPSA) is 44.5 Å². The van der Waals surface area contributed by atoms with Crippen LogP contribution in [-0.2, 0) is 0 Å². The molecule has 0 radical (unpaired) electrons. The van der Waals surface area contributed by atoms with Crippen molar-refractivity contribution >= 4 is 0 Å². The van der Waals surface area contributed by atoms with E-state index in [1.807, 2.05) is 19.9 Å². The maximum absolute atomic E-state index is 12.0. The van der Waals surface area contributed by atoms with Crippen LogP contribution in [0.15, 0.2) is 18.2 Å². The van der Waals surface area contributed by atoms with Crippen LogP contribution in [0, 0.1) is 0 Å². The van der Waals surface area contributed by atoms with Crippen LogP contribution in [0.1, 0.15) is 31.9 Å². The van der Waals surface area contributed by atoms with E-state index in [0.29, 0.717) is 5.75 Å². The van der Waals surface area contributed by atoms with E-state index < -0.39 is 6.67 Å². The number of benzene rings is 1. The number of halogens is 1.